The van der Waals surface area contributed by atoms with E-state index in [0.29, 0.717) is 11.3 Å². The maximum atomic E-state index is 12.9. The molecule has 0 saturated heterocycles. The Hall–Kier alpha value is -2.87. The van der Waals surface area contributed by atoms with Crippen molar-refractivity contribution in [2.75, 3.05) is 0 Å². The quantitative estimate of drug-likeness (QED) is 0.921. The van der Waals surface area contributed by atoms with Crippen molar-refractivity contribution in [3.05, 3.63) is 65.5 Å². The van der Waals surface area contributed by atoms with Crippen molar-refractivity contribution in [3.8, 4) is 11.8 Å². The molecule has 1 amide bonds. The Morgan fingerprint density at radius 3 is 2.48 bits per heavy atom. The van der Waals surface area contributed by atoms with Gasteiger partial charge in [0.15, 0.2) is 6.10 Å². The Balaban J connectivity index is 2.00. The highest BCUT2D eigenvalue weighted by atomic mass is 19.1. The van der Waals surface area contributed by atoms with Gasteiger partial charge >= 0.3 is 0 Å². The van der Waals surface area contributed by atoms with Crippen LogP contribution in [-0.4, -0.2) is 12.0 Å². The molecule has 2 atom stereocenters. The van der Waals surface area contributed by atoms with Crippen LogP contribution < -0.4 is 10.1 Å². The molecule has 0 aromatic heterocycles. The summed E-state index contributed by atoms with van der Waals surface area (Å²) in [7, 11) is 0. The van der Waals surface area contributed by atoms with Crippen LogP contribution in [0.3, 0.4) is 0 Å². The summed E-state index contributed by atoms with van der Waals surface area (Å²) in [6.07, 6.45) is -0.757. The molecule has 0 aliphatic rings. The average Bonchev–Trinajstić information content (AvgIpc) is 2.55. The summed E-state index contributed by atoms with van der Waals surface area (Å²) in [5.41, 5.74) is 1.17. The molecule has 0 saturated carbocycles. The Kier molecular flexibility index (Phi) is 5.32. The van der Waals surface area contributed by atoms with Gasteiger partial charge in [0.25, 0.3) is 5.91 Å². The summed E-state index contributed by atoms with van der Waals surface area (Å²) >= 11 is 0. The Labute approximate surface area is 134 Å². The maximum Gasteiger partial charge on any atom is 0.261 e. The fraction of sp³-hybridized carbons (Fsp3) is 0.222. The minimum atomic E-state index is -0.757. The summed E-state index contributed by atoms with van der Waals surface area (Å²) in [5.74, 6) is -0.265. The summed E-state index contributed by atoms with van der Waals surface area (Å²) in [4.78, 5) is 12.2. The average molecular weight is 312 g/mol. The number of nitrogens with zero attached hydrogens (tertiary/aromatic N) is 1. The van der Waals surface area contributed by atoms with Crippen molar-refractivity contribution >= 4 is 5.91 Å². The molecular weight excluding hydrogens is 295 g/mol. The van der Waals surface area contributed by atoms with Gasteiger partial charge in [-0.15, -0.1) is 0 Å². The summed E-state index contributed by atoms with van der Waals surface area (Å²) in [6, 6.07) is 14.4. The van der Waals surface area contributed by atoms with E-state index in [0.717, 1.165) is 5.56 Å². The number of amides is 1. The third kappa shape index (κ3) is 4.30. The molecule has 2 rings (SSSR count). The van der Waals surface area contributed by atoms with Crippen molar-refractivity contribution in [2.45, 2.75) is 26.0 Å². The number of hydrogen-bond donors (Lipinski definition) is 1. The van der Waals surface area contributed by atoms with Crippen LogP contribution in [0.25, 0.3) is 0 Å². The van der Waals surface area contributed by atoms with Gasteiger partial charge in [-0.25, -0.2) is 4.39 Å². The second kappa shape index (κ2) is 7.41. The molecule has 5 heteroatoms. The van der Waals surface area contributed by atoms with Gasteiger partial charge in [0.1, 0.15) is 17.6 Å². The molecule has 0 radical (unpaired) electrons. The van der Waals surface area contributed by atoms with E-state index in [2.05, 4.69) is 5.32 Å². The highest BCUT2D eigenvalue weighted by Gasteiger charge is 2.18. The van der Waals surface area contributed by atoms with Gasteiger partial charge < -0.3 is 10.1 Å². The van der Waals surface area contributed by atoms with Crippen molar-refractivity contribution in [1.82, 2.24) is 5.32 Å². The molecule has 4 nitrogen and oxygen atoms in total. The number of nitrogens with one attached hydrogen (secondary N) is 1. The Morgan fingerprint density at radius 1 is 1.17 bits per heavy atom. The van der Waals surface area contributed by atoms with Crippen LogP contribution in [0, 0.1) is 17.1 Å². The van der Waals surface area contributed by atoms with Crippen molar-refractivity contribution in [3.63, 3.8) is 0 Å². The van der Waals surface area contributed by atoms with Gasteiger partial charge in [-0.1, -0.05) is 24.3 Å². The normalized spacial score (nSPS) is 12.8. The molecule has 0 aliphatic carbocycles. The highest BCUT2D eigenvalue weighted by molar-refractivity contribution is 5.81. The molecule has 0 unspecified atom stereocenters. The molecule has 118 valence electrons. The van der Waals surface area contributed by atoms with Crippen LogP contribution in [0.15, 0.2) is 48.5 Å². The number of halogens is 1. The molecule has 2 aromatic rings. The molecular formula is C18H17FN2O2. The smallest absolute Gasteiger partial charge is 0.261 e. The van der Waals surface area contributed by atoms with Crippen LogP contribution in [-0.2, 0) is 4.79 Å². The molecule has 0 spiro atoms. The Morgan fingerprint density at radius 2 is 1.83 bits per heavy atom. The predicted molar refractivity (Wildman–Crippen MR) is 84.2 cm³/mol. The van der Waals surface area contributed by atoms with Gasteiger partial charge in [0.2, 0.25) is 0 Å². The monoisotopic (exact) mass is 312 g/mol. The second-order valence-electron chi connectivity index (χ2n) is 5.15. The van der Waals surface area contributed by atoms with Gasteiger partial charge in [0.05, 0.1) is 11.6 Å². The van der Waals surface area contributed by atoms with E-state index in [1.807, 2.05) is 6.07 Å². The van der Waals surface area contributed by atoms with Gasteiger partial charge in [-0.3, -0.25) is 4.79 Å². The number of ether oxygens (including phenoxy) is 1. The van der Waals surface area contributed by atoms with Crippen LogP contribution in [0.4, 0.5) is 4.39 Å². The fourth-order valence-electron chi connectivity index (χ4n) is 2.07. The number of nitriles is 1. The third-order valence-electron chi connectivity index (χ3n) is 3.41. The van der Waals surface area contributed by atoms with Gasteiger partial charge in [-0.05, 0) is 43.7 Å². The highest BCUT2D eigenvalue weighted by Crippen LogP contribution is 2.19. The number of para-hydroxylation sites is 1. The summed E-state index contributed by atoms with van der Waals surface area (Å²) in [6.45, 7) is 3.42. The topological polar surface area (TPSA) is 62.1 Å². The van der Waals surface area contributed by atoms with Crippen LogP contribution in [0.1, 0.15) is 31.0 Å². The van der Waals surface area contributed by atoms with Gasteiger partial charge in [0, 0.05) is 0 Å². The first-order valence-electron chi connectivity index (χ1n) is 7.23. The summed E-state index contributed by atoms with van der Waals surface area (Å²) < 4.78 is 18.5. The van der Waals surface area contributed by atoms with Crippen molar-refractivity contribution in [2.24, 2.45) is 0 Å². The number of benzene rings is 2. The second-order valence-corrected chi connectivity index (χ2v) is 5.15. The minimum absolute atomic E-state index is 0.277. The molecule has 0 aliphatic heterocycles. The first-order valence-corrected chi connectivity index (χ1v) is 7.23. The molecule has 1 N–H and O–H groups in total. The molecule has 2 aromatic carbocycles. The SMILES string of the molecule is C[C@H](NC(=O)[C@@H](C)Oc1ccccc1C#N)c1ccc(F)cc1. The lowest BCUT2D eigenvalue weighted by Gasteiger charge is -2.19. The number of carbonyl (C=O) groups is 1. The third-order valence-corrected chi connectivity index (χ3v) is 3.41. The van der Waals surface area contributed by atoms with E-state index in [1.54, 1.807) is 50.2 Å². The largest absolute Gasteiger partial charge is 0.480 e. The van der Waals surface area contributed by atoms with E-state index >= 15 is 0 Å². The lowest BCUT2D eigenvalue weighted by Crippen LogP contribution is -2.37. The van der Waals surface area contributed by atoms with E-state index in [1.165, 1.54) is 12.1 Å². The van der Waals surface area contributed by atoms with Crippen molar-refractivity contribution < 1.29 is 13.9 Å². The van der Waals surface area contributed by atoms with Crippen LogP contribution >= 0.6 is 0 Å². The molecule has 23 heavy (non-hydrogen) atoms. The van der Waals surface area contributed by atoms with Crippen LogP contribution in [0.2, 0.25) is 0 Å². The first kappa shape index (κ1) is 16.5. The van der Waals surface area contributed by atoms with E-state index in [9.17, 15) is 9.18 Å². The van der Waals surface area contributed by atoms with Gasteiger partial charge in [-0.2, -0.15) is 5.26 Å². The zero-order valence-corrected chi connectivity index (χ0v) is 12.9. The van der Waals surface area contributed by atoms with E-state index in [4.69, 9.17) is 10.00 Å². The molecule has 0 fully saturated rings. The number of carbonyl (C=O) groups excluding carboxylic acids is 1. The van der Waals surface area contributed by atoms with E-state index in [-0.39, 0.29) is 17.8 Å². The standard InChI is InChI=1S/C18H17FN2O2/c1-12(14-7-9-16(19)10-8-14)21-18(22)13(2)23-17-6-4-3-5-15(17)11-20/h3-10,12-13H,1-2H3,(H,21,22)/t12-,13+/m0/s1. The maximum absolute atomic E-state index is 12.9. The zero-order chi connectivity index (χ0) is 16.8. The fourth-order valence-corrected chi connectivity index (χ4v) is 2.07. The lowest BCUT2D eigenvalue weighted by molar-refractivity contribution is -0.127. The minimum Gasteiger partial charge on any atom is -0.480 e. The number of rotatable bonds is 5. The number of hydrogen-bond acceptors (Lipinski definition) is 3. The lowest BCUT2D eigenvalue weighted by atomic mass is 10.1. The van der Waals surface area contributed by atoms with Crippen molar-refractivity contribution in [1.29, 1.82) is 5.26 Å². The summed E-state index contributed by atoms with van der Waals surface area (Å²) in [5, 5.41) is 11.8. The van der Waals surface area contributed by atoms with Crippen LogP contribution in [0.5, 0.6) is 5.75 Å². The van der Waals surface area contributed by atoms with E-state index < -0.39 is 6.10 Å². The Bertz CT molecular complexity index is 723. The molecule has 0 heterocycles. The predicted octanol–water partition coefficient (Wildman–Crippen LogP) is 3.34. The zero-order valence-electron chi connectivity index (χ0n) is 12.9. The first-order chi connectivity index (χ1) is 11.0. The molecule has 0 bridgehead atoms.